The lowest BCUT2D eigenvalue weighted by Crippen LogP contribution is -2.41. The Kier molecular flexibility index (Phi) is 6.11. The zero-order chi connectivity index (χ0) is 20.1. The maximum absolute atomic E-state index is 12.5. The van der Waals surface area contributed by atoms with Crippen molar-refractivity contribution in [1.29, 1.82) is 0 Å². The molecule has 8 heteroatoms. The fourth-order valence-electron chi connectivity index (χ4n) is 3.32. The number of hydrogen-bond acceptors (Lipinski definition) is 5. The number of sulfonamides is 1. The summed E-state index contributed by atoms with van der Waals surface area (Å²) in [6.45, 7) is 0. The van der Waals surface area contributed by atoms with E-state index < -0.39 is 22.0 Å². The van der Waals surface area contributed by atoms with Gasteiger partial charge >= 0.3 is 5.97 Å². The molecule has 3 rings (SSSR count). The molecular formula is C20H21NO6S. The average Bonchev–Trinajstić information content (AvgIpc) is 3.21. The Bertz CT molecular complexity index is 949. The molecule has 2 N–H and O–H groups in total. The van der Waals surface area contributed by atoms with E-state index in [9.17, 15) is 18.0 Å². The van der Waals surface area contributed by atoms with Gasteiger partial charge in [0.2, 0.25) is 10.0 Å². The van der Waals surface area contributed by atoms with Gasteiger partial charge in [0, 0.05) is 0 Å². The summed E-state index contributed by atoms with van der Waals surface area (Å²) < 4.78 is 32.7. The summed E-state index contributed by atoms with van der Waals surface area (Å²) in [6.07, 6.45) is 4.84. The molecule has 2 aromatic rings. The number of aldehydes is 1. The zero-order valence-corrected chi connectivity index (χ0v) is 15.9. The third-order valence-corrected chi connectivity index (χ3v) is 6.24. The molecular weight excluding hydrogens is 382 g/mol. The van der Waals surface area contributed by atoms with E-state index in [1.807, 2.05) is 16.9 Å². The van der Waals surface area contributed by atoms with Crippen molar-refractivity contribution >= 4 is 22.3 Å². The maximum Gasteiger partial charge on any atom is 0.329 e. The van der Waals surface area contributed by atoms with E-state index in [0.29, 0.717) is 11.7 Å². The summed E-state index contributed by atoms with van der Waals surface area (Å²) in [7, 11) is -4.28. The fraction of sp³-hybridized carbons (Fsp3) is 0.300. The number of aliphatic carboxylic acids is 1. The molecule has 1 aliphatic carbocycles. The van der Waals surface area contributed by atoms with E-state index in [2.05, 4.69) is 0 Å². The molecule has 28 heavy (non-hydrogen) atoms. The molecule has 0 unspecified atom stereocenters. The van der Waals surface area contributed by atoms with Crippen LogP contribution >= 0.6 is 0 Å². The number of ether oxygens (including phenoxy) is 1. The second kappa shape index (κ2) is 8.53. The molecule has 0 heterocycles. The lowest BCUT2D eigenvalue weighted by atomic mass is 9.98. The zero-order valence-electron chi connectivity index (χ0n) is 15.1. The van der Waals surface area contributed by atoms with Crippen LogP contribution in [-0.4, -0.2) is 31.8 Å². The maximum atomic E-state index is 12.5. The highest BCUT2D eigenvalue weighted by Crippen LogP contribution is 2.35. The molecule has 0 radical (unpaired) electrons. The molecule has 0 saturated heterocycles. The molecule has 1 saturated carbocycles. The quantitative estimate of drug-likeness (QED) is 0.518. The van der Waals surface area contributed by atoms with E-state index in [-0.39, 0.29) is 16.9 Å². The van der Waals surface area contributed by atoms with Crippen LogP contribution < -0.4 is 9.46 Å². The van der Waals surface area contributed by atoms with Crippen molar-refractivity contribution in [3.8, 4) is 11.5 Å². The Morgan fingerprint density at radius 3 is 2.36 bits per heavy atom. The lowest BCUT2D eigenvalue weighted by Gasteiger charge is -2.14. The Hall–Kier alpha value is -2.71. The molecule has 148 valence electrons. The largest absolute Gasteiger partial charge is 0.480 e. The summed E-state index contributed by atoms with van der Waals surface area (Å²) in [4.78, 5) is 21.6. The van der Waals surface area contributed by atoms with Gasteiger partial charge in [0.05, 0.1) is 0 Å². The third-order valence-electron chi connectivity index (χ3n) is 4.76. The van der Waals surface area contributed by atoms with E-state index in [1.165, 1.54) is 49.4 Å². The Labute approximate surface area is 163 Å². The fourth-order valence-corrected chi connectivity index (χ4v) is 4.57. The highest BCUT2D eigenvalue weighted by molar-refractivity contribution is 7.89. The predicted octanol–water partition coefficient (Wildman–Crippen LogP) is 3.07. The van der Waals surface area contributed by atoms with E-state index in [4.69, 9.17) is 9.84 Å². The van der Waals surface area contributed by atoms with Crippen LogP contribution in [0.5, 0.6) is 11.5 Å². The van der Waals surface area contributed by atoms with Gasteiger partial charge in [0.1, 0.15) is 22.7 Å². The molecule has 1 atom stereocenters. The van der Waals surface area contributed by atoms with Gasteiger partial charge in [-0.3, -0.25) is 4.79 Å². The second-order valence-electron chi connectivity index (χ2n) is 6.67. The lowest BCUT2D eigenvalue weighted by molar-refractivity contribution is -0.140. The Morgan fingerprint density at radius 1 is 1.11 bits per heavy atom. The van der Waals surface area contributed by atoms with Crippen LogP contribution in [-0.2, 0) is 19.6 Å². The standard InChI is InChI=1S/C20H21NO6S/c22-13-17(20(23)24)21-28(25,26)19-8-4-3-7-18(19)27-16-11-9-15(10-12-16)14-5-1-2-6-14/h3-4,7-14,17,21H,1-2,5-6H2,(H,23,24)/t17-/m1/s1. The number of carbonyl (C=O) groups is 2. The molecule has 0 aromatic heterocycles. The average molecular weight is 403 g/mol. The highest BCUT2D eigenvalue weighted by Gasteiger charge is 2.27. The van der Waals surface area contributed by atoms with Crippen molar-refractivity contribution in [2.75, 3.05) is 0 Å². The van der Waals surface area contributed by atoms with Gasteiger partial charge in [-0.1, -0.05) is 37.1 Å². The van der Waals surface area contributed by atoms with Crippen LogP contribution in [0.25, 0.3) is 0 Å². The van der Waals surface area contributed by atoms with Crippen molar-refractivity contribution in [2.45, 2.75) is 42.5 Å². The Balaban J connectivity index is 1.82. The molecule has 1 fully saturated rings. The number of carboxylic acids is 1. The smallest absolute Gasteiger partial charge is 0.329 e. The first-order valence-electron chi connectivity index (χ1n) is 8.98. The predicted molar refractivity (Wildman–Crippen MR) is 102 cm³/mol. The normalized spacial score (nSPS) is 15.9. The molecule has 7 nitrogen and oxygen atoms in total. The van der Waals surface area contributed by atoms with Crippen LogP contribution in [0.15, 0.2) is 53.4 Å². The number of carbonyl (C=O) groups excluding carboxylic acids is 1. The summed E-state index contributed by atoms with van der Waals surface area (Å²) in [6, 6.07) is 11.5. The molecule has 0 bridgehead atoms. The van der Waals surface area contributed by atoms with Crippen molar-refractivity contribution in [3.05, 3.63) is 54.1 Å². The van der Waals surface area contributed by atoms with Crippen molar-refractivity contribution in [2.24, 2.45) is 0 Å². The number of hydrogen-bond donors (Lipinski definition) is 2. The van der Waals surface area contributed by atoms with Gasteiger partial charge in [-0.25, -0.2) is 8.42 Å². The highest BCUT2D eigenvalue weighted by atomic mass is 32.2. The number of nitrogens with one attached hydrogen (secondary N) is 1. The van der Waals surface area contributed by atoms with Gasteiger partial charge in [-0.2, -0.15) is 4.72 Å². The number of para-hydroxylation sites is 1. The molecule has 0 spiro atoms. The number of benzene rings is 2. The summed E-state index contributed by atoms with van der Waals surface area (Å²) in [5, 5.41) is 8.91. The number of rotatable bonds is 8. The van der Waals surface area contributed by atoms with E-state index in [1.54, 1.807) is 18.2 Å². The molecule has 2 aromatic carbocycles. The van der Waals surface area contributed by atoms with Crippen molar-refractivity contribution in [3.63, 3.8) is 0 Å². The van der Waals surface area contributed by atoms with Crippen LogP contribution in [0.2, 0.25) is 0 Å². The number of carboxylic acid groups (broad SMARTS) is 1. The first kappa shape index (κ1) is 20.0. The van der Waals surface area contributed by atoms with Gasteiger partial charge in [0.15, 0.2) is 6.04 Å². The monoisotopic (exact) mass is 403 g/mol. The van der Waals surface area contributed by atoms with Crippen molar-refractivity contribution < 1.29 is 27.9 Å². The molecule has 0 amide bonds. The Morgan fingerprint density at radius 2 is 1.75 bits per heavy atom. The van der Waals surface area contributed by atoms with Crippen molar-refractivity contribution in [1.82, 2.24) is 4.72 Å². The van der Waals surface area contributed by atoms with Gasteiger partial charge in [-0.05, 0) is 48.6 Å². The second-order valence-corrected chi connectivity index (χ2v) is 8.35. The minimum absolute atomic E-state index is 0.0189. The minimum atomic E-state index is -4.28. The third kappa shape index (κ3) is 4.58. The molecule has 0 aliphatic heterocycles. The van der Waals surface area contributed by atoms with E-state index >= 15 is 0 Å². The van der Waals surface area contributed by atoms with Crippen LogP contribution in [0.3, 0.4) is 0 Å². The summed E-state index contributed by atoms with van der Waals surface area (Å²) in [5.74, 6) is -0.519. The SMILES string of the molecule is O=C[C@@H](NS(=O)(=O)c1ccccc1Oc1ccc(C2CCCC2)cc1)C(=O)O. The van der Waals surface area contributed by atoms with Crippen LogP contribution in [0.4, 0.5) is 0 Å². The molecule has 1 aliphatic rings. The van der Waals surface area contributed by atoms with E-state index in [0.717, 1.165) is 0 Å². The minimum Gasteiger partial charge on any atom is -0.480 e. The summed E-state index contributed by atoms with van der Waals surface area (Å²) >= 11 is 0. The van der Waals surface area contributed by atoms with Crippen LogP contribution in [0.1, 0.15) is 37.2 Å². The van der Waals surface area contributed by atoms with Gasteiger partial charge in [0.25, 0.3) is 0 Å². The van der Waals surface area contributed by atoms with Crippen LogP contribution in [0, 0.1) is 0 Å². The first-order valence-corrected chi connectivity index (χ1v) is 10.5. The first-order chi connectivity index (χ1) is 13.4. The summed E-state index contributed by atoms with van der Waals surface area (Å²) in [5.41, 5.74) is 1.24. The topological polar surface area (TPSA) is 110 Å². The van der Waals surface area contributed by atoms with Gasteiger partial charge in [-0.15, -0.1) is 0 Å². The van der Waals surface area contributed by atoms with Gasteiger partial charge < -0.3 is 14.6 Å².